The molecule has 0 saturated heterocycles. The summed E-state index contributed by atoms with van der Waals surface area (Å²) in [6.07, 6.45) is 2.79. The van der Waals surface area contributed by atoms with E-state index in [4.69, 9.17) is 4.52 Å². The maximum atomic E-state index is 13.8. The van der Waals surface area contributed by atoms with E-state index in [2.05, 4.69) is 20.0 Å². The molecular formula is C18H17FN4O. The minimum Gasteiger partial charge on any atom is -0.359 e. The van der Waals surface area contributed by atoms with Crippen molar-refractivity contribution in [3.8, 4) is 11.3 Å². The first-order chi connectivity index (χ1) is 11.7. The fraction of sp³-hybridized carbons (Fsp3) is 0.278. The summed E-state index contributed by atoms with van der Waals surface area (Å²) in [5, 5.41) is 4.00. The van der Waals surface area contributed by atoms with Crippen molar-refractivity contribution >= 4 is 0 Å². The Morgan fingerprint density at radius 2 is 2.17 bits per heavy atom. The molecule has 3 heterocycles. The van der Waals surface area contributed by atoms with E-state index in [-0.39, 0.29) is 5.82 Å². The van der Waals surface area contributed by atoms with Crippen LogP contribution in [0.4, 0.5) is 4.39 Å². The van der Waals surface area contributed by atoms with Gasteiger partial charge in [-0.25, -0.2) is 14.4 Å². The molecule has 24 heavy (non-hydrogen) atoms. The quantitative estimate of drug-likeness (QED) is 0.741. The van der Waals surface area contributed by atoms with E-state index in [0.717, 1.165) is 42.4 Å². The van der Waals surface area contributed by atoms with Crippen LogP contribution in [0.15, 0.2) is 41.1 Å². The minimum atomic E-state index is -0.295. The van der Waals surface area contributed by atoms with E-state index in [9.17, 15) is 4.39 Å². The number of benzene rings is 1. The zero-order valence-electron chi connectivity index (χ0n) is 13.4. The summed E-state index contributed by atoms with van der Waals surface area (Å²) < 4.78 is 19.2. The number of hydrogen-bond acceptors (Lipinski definition) is 5. The van der Waals surface area contributed by atoms with Gasteiger partial charge in [-0.3, -0.25) is 4.90 Å². The first-order valence-corrected chi connectivity index (χ1v) is 7.93. The van der Waals surface area contributed by atoms with Crippen LogP contribution in [-0.2, 0) is 19.5 Å². The van der Waals surface area contributed by atoms with Crippen LogP contribution >= 0.6 is 0 Å². The molecule has 0 N–H and O–H groups in total. The highest BCUT2D eigenvalue weighted by Gasteiger charge is 2.20. The second-order valence-electron chi connectivity index (χ2n) is 6.01. The minimum absolute atomic E-state index is 0.295. The molecule has 0 spiro atoms. The lowest BCUT2D eigenvalue weighted by Gasteiger charge is -2.26. The molecule has 0 bridgehead atoms. The van der Waals surface area contributed by atoms with Gasteiger partial charge in [-0.05, 0) is 19.1 Å². The molecule has 0 saturated carbocycles. The van der Waals surface area contributed by atoms with E-state index in [1.54, 1.807) is 24.3 Å². The van der Waals surface area contributed by atoms with Gasteiger partial charge in [0.2, 0.25) is 0 Å². The van der Waals surface area contributed by atoms with Gasteiger partial charge < -0.3 is 4.52 Å². The van der Waals surface area contributed by atoms with Crippen LogP contribution in [0, 0.1) is 12.7 Å². The number of fused-ring (bicyclic) bond motifs is 1. The molecule has 1 aliphatic rings. The van der Waals surface area contributed by atoms with Crippen molar-refractivity contribution in [3.63, 3.8) is 0 Å². The van der Waals surface area contributed by atoms with Crippen LogP contribution in [0.1, 0.15) is 22.8 Å². The second-order valence-corrected chi connectivity index (χ2v) is 6.01. The van der Waals surface area contributed by atoms with Crippen molar-refractivity contribution < 1.29 is 8.91 Å². The summed E-state index contributed by atoms with van der Waals surface area (Å²) in [5.74, 6) is 1.24. The van der Waals surface area contributed by atoms with Crippen molar-refractivity contribution in [2.75, 3.05) is 6.54 Å². The fourth-order valence-electron chi connectivity index (χ4n) is 3.01. The maximum absolute atomic E-state index is 13.8. The molecule has 0 unspecified atom stereocenters. The zero-order chi connectivity index (χ0) is 16.5. The summed E-state index contributed by atoms with van der Waals surface area (Å²) in [4.78, 5) is 11.0. The van der Waals surface area contributed by atoms with Crippen molar-refractivity contribution in [2.24, 2.45) is 0 Å². The van der Waals surface area contributed by atoms with E-state index in [0.29, 0.717) is 17.8 Å². The standard InChI is InChI=1S/C18H17FN4O/c1-12-20-9-13-10-23(7-6-17(13)21-12)11-14-8-18(22-24-14)15-4-2-3-5-16(15)19/h2-5,8-9H,6-7,10-11H2,1H3. The van der Waals surface area contributed by atoms with Gasteiger partial charge in [0.25, 0.3) is 0 Å². The summed E-state index contributed by atoms with van der Waals surface area (Å²) in [6.45, 7) is 4.23. The predicted molar refractivity (Wildman–Crippen MR) is 86.5 cm³/mol. The molecule has 122 valence electrons. The lowest BCUT2D eigenvalue weighted by molar-refractivity contribution is 0.213. The Hall–Kier alpha value is -2.60. The monoisotopic (exact) mass is 324 g/mol. The smallest absolute Gasteiger partial charge is 0.151 e. The van der Waals surface area contributed by atoms with E-state index < -0.39 is 0 Å². The summed E-state index contributed by atoms with van der Waals surface area (Å²) in [5.41, 5.74) is 3.27. The van der Waals surface area contributed by atoms with Crippen LogP contribution < -0.4 is 0 Å². The Bertz CT molecular complexity index is 877. The van der Waals surface area contributed by atoms with Gasteiger partial charge in [0, 0.05) is 48.6 Å². The predicted octanol–water partition coefficient (Wildman–Crippen LogP) is 3.14. The van der Waals surface area contributed by atoms with Crippen molar-refractivity contribution in [1.82, 2.24) is 20.0 Å². The lowest BCUT2D eigenvalue weighted by atomic mass is 10.1. The molecule has 5 nitrogen and oxygen atoms in total. The van der Waals surface area contributed by atoms with E-state index in [1.807, 2.05) is 13.1 Å². The molecule has 0 amide bonds. The average molecular weight is 324 g/mol. The average Bonchev–Trinajstić information content (AvgIpc) is 3.04. The third-order valence-electron chi connectivity index (χ3n) is 4.22. The van der Waals surface area contributed by atoms with Gasteiger partial charge >= 0.3 is 0 Å². The third-order valence-corrected chi connectivity index (χ3v) is 4.22. The molecule has 6 heteroatoms. The number of nitrogens with zero attached hydrogens (tertiary/aromatic N) is 4. The Balaban J connectivity index is 1.49. The van der Waals surface area contributed by atoms with Gasteiger partial charge in [0.1, 0.15) is 17.3 Å². The van der Waals surface area contributed by atoms with Crippen LogP contribution in [0.3, 0.4) is 0 Å². The zero-order valence-corrected chi connectivity index (χ0v) is 13.4. The molecule has 0 radical (unpaired) electrons. The Labute approximate surface area is 139 Å². The largest absolute Gasteiger partial charge is 0.359 e. The highest BCUT2D eigenvalue weighted by molar-refractivity contribution is 5.59. The number of halogens is 1. The molecule has 0 aliphatic carbocycles. The van der Waals surface area contributed by atoms with Crippen LogP contribution in [0.5, 0.6) is 0 Å². The normalized spacial score (nSPS) is 14.6. The Kier molecular flexibility index (Phi) is 3.82. The molecule has 0 fully saturated rings. The first-order valence-electron chi connectivity index (χ1n) is 7.93. The highest BCUT2D eigenvalue weighted by atomic mass is 19.1. The summed E-state index contributed by atoms with van der Waals surface area (Å²) in [6, 6.07) is 8.38. The van der Waals surface area contributed by atoms with Gasteiger partial charge in [-0.15, -0.1) is 0 Å². The lowest BCUT2D eigenvalue weighted by Crippen LogP contribution is -2.30. The highest BCUT2D eigenvalue weighted by Crippen LogP contribution is 2.24. The van der Waals surface area contributed by atoms with Crippen LogP contribution in [0.2, 0.25) is 0 Å². The van der Waals surface area contributed by atoms with Gasteiger partial charge in [0.15, 0.2) is 5.76 Å². The van der Waals surface area contributed by atoms with Crippen molar-refractivity contribution in [3.05, 3.63) is 65.2 Å². The second kappa shape index (κ2) is 6.13. The van der Waals surface area contributed by atoms with E-state index >= 15 is 0 Å². The molecule has 0 atom stereocenters. The SMILES string of the molecule is Cc1ncc2c(n1)CCN(Cc1cc(-c3ccccc3F)no1)C2. The Morgan fingerprint density at radius 1 is 1.29 bits per heavy atom. The van der Waals surface area contributed by atoms with Crippen molar-refractivity contribution in [1.29, 1.82) is 0 Å². The first kappa shape index (κ1) is 15.0. The number of aromatic nitrogens is 3. The Morgan fingerprint density at radius 3 is 3.04 bits per heavy atom. The number of hydrogen-bond donors (Lipinski definition) is 0. The molecule has 1 aliphatic heterocycles. The molecule has 3 aromatic rings. The van der Waals surface area contributed by atoms with Crippen LogP contribution in [0.25, 0.3) is 11.3 Å². The fourth-order valence-corrected chi connectivity index (χ4v) is 3.01. The summed E-state index contributed by atoms with van der Waals surface area (Å²) in [7, 11) is 0. The molecule has 1 aromatic carbocycles. The van der Waals surface area contributed by atoms with Crippen LogP contribution in [-0.4, -0.2) is 26.6 Å². The van der Waals surface area contributed by atoms with E-state index in [1.165, 1.54) is 6.07 Å². The number of aryl methyl sites for hydroxylation is 1. The topological polar surface area (TPSA) is 55.1 Å². The molecular weight excluding hydrogens is 307 g/mol. The molecule has 2 aromatic heterocycles. The third kappa shape index (κ3) is 2.92. The summed E-state index contributed by atoms with van der Waals surface area (Å²) >= 11 is 0. The van der Waals surface area contributed by atoms with Gasteiger partial charge in [-0.1, -0.05) is 17.3 Å². The maximum Gasteiger partial charge on any atom is 0.151 e. The molecule has 4 rings (SSSR count). The van der Waals surface area contributed by atoms with Crippen molar-refractivity contribution in [2.45, 2.75) is 26.4 Å². The van der Waals surface area contributed by atoms with Gasteiger partial charge in [-0.2, -0.15) is 0 Å². The number of rotatable bonds is 3. The van der Waals surface area contributed by atoms with Gasteiger partial charge in [0.05, 0.1) is 6.54 Å².